The third kappa shape index (κ3) is 2.35. The lowest BCUT2D eigenvalue weighted by Crippen LogP contribution is -2.04. The summed E-state index contributed by atoms with van der Waals surface area (Å²) in [5, 5.41) is 8.48. The van der Waals surface area contributed by atoms with Crippen LogP contribution in [0.25, 0.3) is 5.57 Å². The Morgan fingerprint density at radius 2 is 1.65 bits per heavy atom. The molecule has 1 heteroatoms. The molecule has 1 aliphatic carbocycles. The second-order valence-corrected chi connectivity index (χ2v) is 5.11. The third-order valence-electron chi connectivity index (χ3n) is 3.65. The van der Waals surface area contributed by atoms with E-state index in [0.717, 1.165) is 17.5 Å². The van der Waals surface area contributed by atoms with Gasteiger partial charge in [0.1, 0.15) is 0 Å². The van der Waals surface area contributed by atoms with Crippen LogP contribution in [0.15, 0.2) is 72.3 Å². The standard InChI is InChI=1S/C19H17N/c1-14-11-12-16(13-14)17-9-5-6-10-18(17)19(20)15-7-3-2-4-8-15/h2-11,13,20H,12H2,1H3. The van der Waals surface area contributed by atoms with E-state index in [-0.39, 0.29) is 0 Å². The lowest BCUT2D eigenvalue weighted by Gasteiger charge is -2.12. The van der Waals surface area contributed by atoms with Gasteiger partial charge in [0.2, 0.25) is 0 Å². The molecule has 0 spiro atoms. The third-order valence-corrected chi connectivity index (χ3v) is 3.65. The Labute approximate surface area is 119 Å². The van der Waals surface area contributed by atoms with Gasteiger partial charge in [-0.25, -0.2) is 0 Å². The van der Waals surface area contributed by atoms with E-state index >= 15 is 0 Å². The SMILES string of the molecule is CC1=CCC(c2ccccc2C(=N)c2ccccc2)=C1. The van der Waals surface area contributed by atoms with Gasteiger partial charge in [-0.05, 0) is 24.5 Å². The molecule has 0 aliphatic heterocycles. The van der Waals surface area contributed by atoms with E-state index in [1.807, 2.05) is 48.5 Å². The van der Waals surface area contributed by atoms with Gasteiger partial charge in [-0.3, -0.25) is 5.41 Å². The van der Waals surface area contributed by atoms with Crippen LogP contribution in [0, 0.1) is 5.41 Å². The zero-order valence-electron chi connectivity index (χ0n) is 11.6. The van der Waals surface area contributed by atoms with Crippen LogP contribution in [0.4, 0.5) is 0 Å². The fourth-order valence-electron chi connectivity index (χ4n) is 2.59. The molecule has 3 rings (SSSR count). The molecule has 0 aromatic heterocycles. The molecule has 1 nitrogen and oxygen atoms in total. The summed E-state index contributed by atoms with van der Waals surface area (Å²) in [6.07, 6.45) is 5.42. The lowest BCUT2D eigenvalue weighted by molar-refractivity contribution is 1.39. The Hall–Kier alpha value is -2.41. The highest BCUT2D eigenvalue weighted by atomic mass is 14.4. The van der Waals surface area contributed by atoms with Crippen molar-refractivity contribution in [3.63, 3.8) is 0 Å². The topological polar surface area (TPSA) is 23.9 Å². The van der Waals surface area contributed by atoms with Crippen LogP contribution in [-0.4, -0.2) is 5.71 Å². The van der Waals surface area contributed by atoms with E-state index in [2.05, 4.69) is 25.1 Å². The van der Waals surface area contributed by atoms with Crippen molar-refractivity contribution in [2.45, 2.75) is 13.3 Å². The summed E-state index contributed by atoms with van der Waals surface area (Å²) >= 11 is 0. The summed E-state index contributed by atoms with van der Waals surface area (Å²) < 4.78 is 0. The molecule has 2 aromatic carbocycles. The van der Waals surface area contributed by atoms with Crippen molar-refractivity contribution in [3.8, 4) is 0 Å². The minimum Gasteiger partial charge on any atom is -0.300 e. The summed E-state index contributed by atoms with van der Waals surface area (Å²) in [5.41, 5.74) is 6.34. The molecule has 0 saturated carbocycles. The van der Waals surface area contributed by atoms with Crippen molar-refractivity contribution in [3.05, 3.63) is 89.0 Å². The van der Waals surface area contributed by atoms with E-state index in [0.29, 0.717) is 5.71 Å². The minimum absolute atomic E-state index is 0.589. The van der Waals surface area contributed by atoms with E-state index in [1.165, 1.54) is 16.7 Å². The van der Waals surface area contributed by atoms with E-state index in [1.54, 1.807) is 0 Å². The Morgan fingerprint density at radius 3 is 2.35 bits per heavy atom. The van der Waals surface area contributed by atoms with E-state index < -0.39 is 0 Å². The van der Waals surface area contributed by atoms with Gasteiger partial charge in [-0.2, -0.15) is 0 Å². The Kier molecular flexibility index (Phi) is 3.34. The average Bonchev–Trinajstić information content (AvgIpc) is 2.94. The average molecular weight is 259 g/mol. The molecule has 0 heterocycles. The predicted octanol–water partition coefficient (Wildman–Crippen LogP) is 4.84. The largest absolute Gasteiger partial charge is 0.300 e. The zero-order valence-corrected chi connectivity index (χ0v) is 11.6. The summed E-state index contributed by atoms with van der Waals surface area (Å²) in [5.74, 6) is 0. The minimum atomic E-state index is 0.589. The number of rotatable bonds is 3. The van der Waals surface area contributed by atoms with E-state index in [9.17, 15) is 0 Å². The Morgan fingerprint density at radius 1 is 0.950 bits per heavy atom. The van der Waals surface area contributed by atoms with Crippen LogP contribution >= 0.6 is 0 Å². The summed E-state index contributed by atoms with van der Waals surface area (Å²) in [7, 11) is 0. The lowest BCUT2D eigenvalue weighted by atomic mass is 9.93. The van der Waals surface area contributed by atoms with Gasteiger partial charge in [0.15, 0.2) is 0 Å². The molecule has 0 amide bonds. The highest BCUT2D eigenvalue weighted by Gasteiger charge is 2.14. The van der Waals surface area contributed by atoms with Crippen LogP contribution in [0.5, 0.6) is 0 Å². The van der Waals surface area contributed by atoms with Gasteiger partial charge in [-0.15, -0.1) is 0 Å². The quantitative estimate of drug-likeness (QED) is 0.763. The molecular weight excluding hydrogens is 242 g/mol. The second-order valence-electron chi connectivity index (χ2n) is 5.11. The maximum absolute atomic E-state index is 8.48. The van der Waals surface area contributed by atoms with Crippen molar-refractivity contribution < 1.29 is 0 Å². The van der Waals surface area contributed by atoms with Crippen molar-refractivity contribution in [2.75, 3.05) is 0 Å². The van der Waals surface area contributed by atoms with Gasteiger partial charge in [0.25, 0.3) is 0 Å². The summed E-state index contributed by atoms with van der Waals surface area (Å²) in [4.78, 5) is 0. The monoisotopic (exact) mass is 259 g/mol. The molecule has 0 saturated heterocycles. The summed E-state index contributed by atoms with van der Waals surface area (Å²) in [6.45, 7) is 2.12. The highest BCUT2D eigenvalue weighted by molar-refractivity contribution is 6.13. The molecule has 0 unspecified atom stereocenters. The smallest absolute Gasteiger partial charge is 0.0690 e. The zero-order chi connectivity index (χ0) is 13.9. The molecule has 0 radical (unpaired) electrons. The number of benzene rings is 2. The van der Waals surface area contributed by atoms with Gasteiger partial charge < -0.3 is 0 Å². The first-order chi connectivity index (χ1) is 9.75. The van der Waals surface area contributed by atoms with Crippen molar-refractivity contribution in [1.82, 2.24) is 0 Å². The maximum atomic E-state index is 8.48. The maximum Gasteiger partial charge on any atom is 0.0690 e. The molecular formula is C19H17N. The Bertz CT molecular complexity index is 706. The highest BCUT2D eigenvalue weighted by Crippen LogP contribution is 2.30. The van der Waals surface area contributed by atoms with Gasteiger partial charge >= 0.3 is 0 Å². The molecule has 2 aromatic rings. The number of hydrogen-bond donors (Lipinski definition) is 1. The molecule has 1 N–H and O–H groups in total. The van der Waals surface area contributed by atoms with Gasteiger partial charge in [0, 0.05) is 11.1 Å². The van der Waals surface area contributed by atoms with Crippen molar-refractivity contribution in [2.24, 2.45) is 0 Å². The van der Waals surface area contributed by atoms with Crippen LogP contribution in [0.3, 0.4) is 0 Å². The normalized spacial score (nSPS) is 13.8. The molecule has 1 aliphatic rings. The molecule has 20 heavy (non-hydrogen) atoms. The fourth-order valence-corrected chi connectivity index (χ4v) is 2.59. The van der Waals surface area contributed by atoms with Gasteiger partial charge in [0.05, 0.1) is 5.71 Å². The first-order valence-corrected chi connectivity index (χ1v) is 6.87. The first-order valence-electron chi connectivity index (χ1n) is 6.87. The van der Waals surface area contributed by atoms with Crippen molar-refractivity contribution >= 4 is 11.3 Å². The number of nitrogens with one attached hydrogen (secondary N) is 1. The van der Waals surface area contributed by atoms with Crippen LogP contribution < -0.4 is 0 Å². The van der Waals surface area contributed by atoms with Gasteiger partial charge in [-0.1, -0.05) is 72.3 Å². The predicted molar refractivity (Wildman–Crippen MR) is 85.2 cm³/mol. The van der Waals surface area contributed by atoms with Crippen molar-refractivity contribution in [1.29, 1.82) is 5.41 Å². The molecule has 98 valence electrons. The molecule has 0 fully saturated rings. The van der Waals surface area contributed by atoms with E-state index in [4.69, 9.17) is 5.41 Å². The first kappa shape index (κ1) is 12.6. The molecule has 0 atom stereocenters. The van der Waals surface area contributed by atoms with Crippen LogP contribution in [0.2, 0.25) is 0 Å². The van der Waals surface area contributed by atoms with Crippen LogP contribution in [-0.2, 0) is 0 Å². The second kappa shape index (κ2) is 5.30. The summed E-state index contributed by atoms with van der Waals surface area (Å²) in [6, 6.07) is 18.1. The Balaban J connectivity index is 2.03. The molecule has 0 bridgehead atoms. The number of hydrogen-bond acceptors (Lipinski definition) is 1. The fraction of sp³-hybridized carbons (Fsp3) is 0.105. The number of allylic oxidation sites excluding steroid dienone is 4. The van der Waals surface area contributed by atoms with Crippen LogP contribution in [0.1, 0.15) is 30.0 Å².